The summed E-state index contributed by atoms with van der Waals surface area (Å²) in [6.07, 6.45) is 20.0. The van der Waals surface area contributed by atoms with E-state index in [1.54, 1.807) is 147 Å². The number of hydrogen-bond donors (Lipinski definition) is 12. The Kier molecular flexibility index (Phi) is 28.8. The minimum atomic E-state index is -0.345. The molecule has 608 valence electrons. The van der Waals surface area contributed by atoms with E-state index >= 15 is 0 Å². The molecule has 0 saturated heterocycles. The summed E-state index contributed by atoms with van der Waals surface area (Å²) in [5.41, 5.74) is 42.9. The van der Waals surface area contributed by atoms with Gasteiger partial charge in [0, 0.05) is 145 Å². The van der Waals surface area contributed by atoms with Gasteiger partial charge in [0.25, 0.3) is 23.6 Å². The van der Waals surface area contributed by atoms with Crippen molar-refractivity contribution in [1.82, 2.24) is 41.2 Å². The summed E-state index contributed by atoms with van der Waals surface area (Å²) < 4.78 is 0. The van der Waals surface area contributed by atoms with Crippen molar-refractivity contribution in [3.8, 4) is 0 Å². The fourth-order valence-corrected chi connectivity index (χ4v) is 15.2. The third kappa shape index (κ3) is 22.4. The third-order valence-corrected chi connectivity index (χ3v) is 21.9. The Hall–Kier alpha value is -14.0. The monoisotopic (exact) mass is 1600 g/mol. The summed E-state index contributed by atoms with van der Waals surface area (Å²) >= 11 is 0. The number of aryl methyl sites for hydroxylation is 4. The van der Waals surface area contributed by atoms with Crippen molar-refractivity contribution in [1.29, 1.82) is 0 Å². The lowest BCUT2D eigenvalue weighted by Crippen LogP contribution is -2.34. The molecule has 4 aliphatic rings. The summed E-state index contributed by atoms with van der Waals surface area (Å²) in [4.78, 5) is 116. The normalized spacial score (nSPS) is 15.8. The molecule has 0 bridgehead atoms. The second-order valence-corrected chi connectivity index (χ2v) is 29.8. The Bertz CT molecular complexity index is 4820. The van der Waals surface area contributed by atoms with E-state index in [1.165, 1.54) is 22.3 Å². The molecule has 4 heterocycles. The summed E-state index contributed by atoms with van der Waals surface area (Å²) in [6, 6.07) is 73.3. The van der Waals surface area contributed by atoms with Gasteiger partial charge in [-0.2, -0.15) is 0 Å². The molecule has 120 heavy (non-hydrogen) atoms. The van der Waals surface area contributed by atoms with Crippen LogP contribution in [0.3, 0.4) is 0 Å². The summed E-state index contributed by atoms with van der Waals surface area (Å²) in [5.74, 6) is -1.14. The van der Waals surface area contributed by atoms with Gasteiger partial charge in [-0.1, -0.05) is 146 Å². The summed E-state index contributed by atoms with van der Waals surface area (Å²) in [5, 5.41) is 23.2. The SMILES string of the molecule is N[C@@H](CNC(=O)[C@@H]1CCc2ccccc21)c1ccc(C(=O)Nc2ccncc2)cc1.N[C@@H](CNC(=O)[C@H]1CCc2ccccc21)c1ccc(C(=O)Nc2ccncc2)cc1.N[C@H](CNC(=O)C1CCc2ccccc21)c1ccc(C(=O)Nc2ccncc2)cc1.N[C@H](CNC(=O)[C@@H]1CCc2ccccc21)c1ccc(C(=O)Nc2ccncc2)cc1. The second-order valence-electron chi connectivity index (χ2n) is 29.8. The quantitative estimate of drug-likeness (QED) is 0.0267. The lowest BCUT2D eigenvalue weighted by atomic mass is 10.00. The van der Waals surface area contributed by atoms with Gasteiger partial charge in [0.1, 0.15) is 0 Å². The van der Waals surface area contributed by atoms with Crippen LogP contribution in [0.5, 0.6) is 0 Å². The van der Waals surface area contributed by atoms with Crippen molar-refractivity contribution >= 4 is 70.0 Å². The highest BCUT2D eigenvalue weighted by atomic mass is 16.2. The van der Waals surface area contributed by atoms with Crippen LogP contribution < -0.4 is 65.5 Å². The Labute approximate surface area is 696 Å². The molecule has 4 aliphatic carbocycles. The van der Waals surface area contributed by atoms with Crippen LogP contribution >= 0.6 is 0 Å². The average Bonchev–Trinajstić information content (AvgIpc) is 1.66. The van der Waals surface area contributed by atoms with Gasteiger partial charge in [-0.15, -0.1) is 0 Å². The van der Waals surface area contributed by atoms with Gasteiger partial charge in [0.05, 0.1) is 23.7 Å². The van der Waals surface area contributed by atoms with Gasteiger partial charge in [0.15, 0.2) is 0 Å². The predicted molar refractivity (Wildman–Crippen MR) is 464 cm³/mol. The fraction of sp³-hybridized carbons (Fsp3) is 0.208. The zero-order chi connectivity index (χ0) is 83.7. The third-order valence-electron chi connectivity index (χ3n) is 21.9. The first-order valence-electron chi connectivity index (χ1n) is 40.2. The molecule has 24 heteroatoms. The van der Waals surface area contributed by atoms with Crippen molar-refractivity contribution in [2.45, 2.75) is 99.2 Å². The molecule has 0 fully saturated rings. The number of rotatable bonds is 24. The zero-order valence-electron chi connectivity index (χ0n) is 66.2. The molecule has 24 nitrogen and oxygen atoms in total. The maximum Gasteiger partial charge on any atom is 0.255 e. The summed E-state index contributed by atoms with van der Waals surface area (Å²) in [6.45, 7) is 1.39. The fourth-order valence-electron chi connectivity index (χ4n) is 15.2. The lowest BCUT2D eigenvalue weighted by Gasteiger charge is -2.17. The smallest absolute Gasteiger partial charge is 0.255 e. The molecule has 0 saturated carbocycles. The Morgan fingerprint density at radius 1 is 0.258 bits per heavy atom. The Morgan fingerprint density at radius 3 is 0.633 bits per heavy atom. The van der Waals surface area contributed by atoms with E-state index in [-0.39, 0.29) is 95.1 Å². The van der Waals surface area contributed by atoms with Crippen molar-refractivity contribution in [2.24, 2.45) is 22.9 Å². The second kappa shape index (κ2) is 41.2. The molecule has 16 rings (SSSR count). The molecule has 8 amide bonds. The molecule has 0 radical (unpaired) electrons. The maximum atomic E-state index is 12.6. The number of carbonyl (C=O) groups excluding carboxylic acids is 8. The number of nitrogens with one attached hydrogen (secondary N) is 8. The molecular formula is C96H96N16O8. The topological polar surface area (TPSA) is 388 Å². The molecule has 8 aromatic carbocycles. The lowest BCUT2D eigenvalue weighted by molar-refractivity contribution is -0.123. The first kappa shape index (κ1) is 83.9. The number of amides is 8. The van der Waals surface area contributed by atoms with E-state index in [4.69, 9.17) is 22.9 Å². The van der Waals surface area contributed by atoms with Crippen molar-refractivity contribution in [2.75, 3.05) is 47.4 Å². The van der Waals surface area contributed by atoms with Crippen molar-refractivity contribution in [3.63, 3.8) is 0 Å². The van der Waals surface area contributed by atoms with Crippen molar-refractivity contribution in [3.05, 3.63) is 381 Å². The Balaban J connectivity index is 0.000000138. The minimum Gasteiger partial charge on any atom is -0.354 e. The standard InChI is InChI=1S/4C24H24N4O2/c4*25-22(15-27-24(30)21-10-9-16-3-1-2-4-20(16)21)17-5-7-18(8-6-17)23(29)28-19-11-13-26-14-12-19/h4*1-8,11-14,21-22H,9-10,15,25H2,(H,27,30)(H,26,28,29)/t21?,22-;21-,22+;2*21-,22-/m1110/s1. The van der Waals surface area contributed by atoms with Crippen molar-refractivity contribution < 1.29 is 38.4 Å². The largest absolute Gasteiger partial charge is 0.354 e. The number of nitrogens with zero attached hydrogens (tertiary/aromatic N) is 4. The maximum absolute atomic E-state index is 12.6. The predicted octanol–water partition coefficient (Wildman–Crippen LogP) is 12.7. The van der Waals surface area contributed by atoms with Gasteiger partial charge < -0.3 is 65.5 Å². The van der Waals surface area contributed by atoms with E-state index in [9.17, 15) is 38.4 Å². The van der Waals surface area contributed by atoms with Crippen LogP contribution in [0.25, 0.3) is 0 Å². The highest BCUT2D eigenvalue weighted by Crippen LogP contribution is 2.37. The molecule has 0 aliphatic heterocycles. The minimum absolute atomic E-state index is 0.0174. The Morgan fingerprint density at radius 2 is 0.442 bits per heavy atom. The molecular weight excluding hydrogens is 1510 g/mol. The van der Waals surface area contributed by atoms with E-state index < -0.39 is 0 Å². The summed E-state index contributed by atoms with van der Waals surface area (Å²) in [7, 11) is 0. The number of nitrogens with two attached hydrogens (primary N) is 4. The molecule has 16 N–H and O–H groups in total. The number of benzene rings is 8. The number of anilines is 4. The number of hydrogen-bond acceptors (Lipinski definition) is 16. The zero-order valence-corrected chi connectivity index (χ0v) is 66.2. The number of aromatic nitrogens is 4. The van der Waals surface area contributed by atoms with Crippen LogP contribution in [0.4, 0.5) is 22.7 Å². The van der Waals surface area contributed by atoms with E-state index in [1.807, 2.05) is 121 Å². The van der Waals surface area contributed by atoms with Crippen LogP contribution in [-0.2, 0) is 44.9 Å². The van der Waals surface area contributed by atoms with Gasteiger partial charge in [-0.3, -0.25) is 58.3 Å². The number of carbonyl (C=O) groups is 8. The first-order chi connectivity index (χ1) is 58.5. The van der Waals surface area contributed by atoms with Crippen LogP contribution in [-0.4, -0.2) is 93.4 Å². The van der Waals surface area contributed by atoms with Gasteiger partial charge in [-0.05, 0) is 215 Å². The van der Waals surface area contributed by atoms with Crippen LogP contribution in [0.1, 0.15) is 182 Å². The first-order valence-corrected chi connectivity index (χ1v) is 40.2. The highest BCUT2D eigenvalue weighted by Gasteiger charge is 2.33. The van der Waals surface area contributed by atoms with Crippen LogP contribution in [0.2, 0.25) is 0 Å². The van der Waals surface area contributed by atoms with Gasteiger partial charge >= 0.3 is 0 Å². The van der Waals surface area contributed by atoms with Crippen LogP contribution in [0.15, 0.2) is 292 Å². The highest BCUT2D eigenvalue weighted by molar-refractivity contribution is 6.06. The molecule has 4 aromatic heterocycles. The van der Waals surface area contributed by atoms with E-state index in [0.717, 1.165) is 95.9 Å². The molecule has 8 atom stereocenters. The number of pyridine rings is 4. The number of fused-ring (bicyclic) bond motifs is 4. The molecule has 1 unspecified atom stereocenters. The van der Waals surface area contributed by atoms with E-state index in [2.05, 4.69) is 86.7 Å². The van der Waals surface area contributed by atoms with Gasteiger partial charge in [0.2, 0.25) is 23.6 Å². The van der Waals surface area contributed by atoms with E-state index in [0.29, 0.717) is 71.2 Å². The van der Waals surface area contributed by atoms with Crippen LogP contribution in [0, 0.1) is 0 Å². The molecule has 12 aromatic rings. The van der Waals surface area contributed by atoms with Gasteiger partial charge in [-0.25, -0.2) is 0 Å². The average molecular weight is 1600 g/mol. The molecule has 0 spiro atoms.